The van der Waals surface area contributed by atoms with Gasteiger partial charge in [0.05, 0.1) is 20.5 Å². The molecule has 2 heterocycles. The average Bonchev–Trinajstić information content (AvgIpc) is 3.47. The van der Waals surface area contributed by atoms with Gasteiger partial charge >= 0.3 is 0 Å². The maximum atomic E-state index is 5.96. The number of aryl methyl sites for hydroxylation is 1. The van der Waals surface area contributed by atoms with Crippen LogP contribution >= 0.6 is 23.5 Å². The first kappa shape index (κ1) is 21.1. The van der Waals surface area contributed by atoms with E-state index in [1.807, 2.05) is 59.2 Å². The third-order valence-corrected chi connectivity index (χ3v) is 5.59. The fourth-order valence-corrected chi connectivity index (χ4v) is 3.94. The minimum atomic E-state index is 0.536. The maximum absolute atomic E-state index is 5.96. The zero-order valence-corrected chi connectivity index (χ0v) is 18.6. The minimum Gasteiger partial charge on any atom is -0.494 e. The van der Waals surface area contributed by atoms with Crippen LogP contribution < -0.4 is 14.2 Å². The van der Waals surface area contributed by atoms with Crippen LogP contribution in [-0.4, -0.2) is 34.7 Å². The molecule has 0 aliphatic heterocycles. The predicted octanol–water partition coefficient (Wildman–Crippen LogP) is 5.50. The molecular weight excluding hydrogens is 436 g/mol. The fourth-order valence-electron chi connectivity index (χ4n) is 3.12. The fraction of sp³-hybridized carbons (Fsp3) is 0.182. The van der Waals surface area contributed by atoms with Crippen molar-refractivity contribution in [2.24, 2.45) is 0 Å². The Hall–Kier alpha value is -3.10. The molecule has 0 spiro atoms. The highest BCUT2D eigenvalue weighted by Gasteiger charge is 2.23. The van der Waals surface area contributed by atoms with E-state index in [2.05, 4.69) is 14.9 Å². The first-order valence-electron chi connectivity index (χ1n) is 9.54. The second-order valence-corrected chi connectivity index (χ2v) is 7.84. The molecular formula is C22H21ClN4O3S. The Labute approximate surface area is 189 Å². The van der Waals surface area contributed by atoms with Crippen LogP contribution in [0.25, 0.3) is 17.3 Å². The Morgan fingerprint density at radius 2 is 1.74 bits per heavy atom. The number of benzene rings is 2. The average molecular weight is 457 g/mol. The number of hydrogen-bond acceptors (Lipinski definition) is 7. The number of anilines is 1. The topological polar surface area (TPSA) is 74.3 Å². The highest BCUT2D eigenvalue weighted by atomic mass is 35.5. The number of para-hydroxylation sites is 1. The molecule has 9 heteroatoms. The Morgan fingerprint density at radius 3 is 2.39 bits per heavy atom. The van der Waals surface area contributed by atoms with E-state index < -0.39 is 0 Å². The standard InChI is InChI=1S/C22H21ClN4O3S/c1-28-17-5-3-6-18(29-2)20(17)27-21(19-7-4-13-30-19)24-25-22(27)26-31-14-12-15-8-10-16(23)11-9-15/h3-11,13H,12,14H2,1-2H3,(H,25,26). The van der Waals surface area contributed by atoms with Gasteiger partial charge in [-0.25, -0.2) is 0 Å². The van der Waals surface area contributed by atoms with Crippen molar-refractivity contribution >= 4 is 29.5 Å². The van der Waals surface area contributed by atoms with Crippen molar-refractivity contribution in [3.05, 3.63) is 71.4 Å². The Bertz CT molecular complexity index is 1110. The molecule has 4 aromatic rings. The Balaban J connectivity index is 1.63. The van der Waals surface area contributed by atoms with Gasteiger partial charge < -0.3 is 13.9 Å². The van der Waals surface area contributed by atoms with Gasteiger partial charge in [0.25, 0.3) is 0 Å². The van der Waals surface area contributed by atoms with Gasteiger partial charge in [-0.05, 0) is 60.3 Å². The highest BCUT2D eigenvalue weighted by molar-refractivity contribution is 8.00. The van der Waals surface area contributed by atoms with Crippen molar-refractivity contribution in [1.82, 2.24) is 14.8 Å². The van der Waals surface area contributed by atoms with Crippen LogP contribution in [-0.2, 0) is 6.42 Å². The summed E-state index contributed by atoms with van der Waals surface area (Å²) in [5.41, 5.74) is 1.90. The number of halogens is 1. The number of methoxy groups -OCH3 is 2. The number of nitrogens with zero attached hydrogens (tertiary/aromatic N) is 3. The van der Waals surface area contributed by atoms with Crippen molar-refractivity contribution in [3.8, 4) is 28.8 Å². The van der Waals surface area contributed by atoms with Crippen LogP contribution in [0.15, 0.2) is 65.3 Å². The molecule has 31 heavy (non-hydrogen) atoms. The quantitative estimate of drug-likeness (QED) is 0.263. The number of hydrogen-bond donors (Lipinski definition) is 1. The monoisotopic (exact) mass is 456 g/mol. The van der Waals surface area contributed by atoms with E-state index in [-0.39, 0.29) is 0 Å². The third-order valence-electron chi connectivity index (χ3n) is 4.60. The molecule has 0 unspecified atom stereocenters. The van der Waals surface area contributed by atoms with Crippen molar-refractivity contribution in [2.75, 3.05) is 24.7 Å². The lowest BCUT2D eigenvalue weighted by molar-refractivity contribution is 0.391. The van der Waals surface area contributed by atoms with E-state index in [0.29, 0.717) is 34.7 Å². The van der Waals surface area contributed by atoms with Crippen molar-refractivity contribution in [3.63, 3.8) is 0 Å². The van der Waals surface area contributed by atoms with E-state index >= 15 is 0 Å². The molecule has 7 nitrogen and oxygen atoms in total. The van der Waals surface area contributed by atoms with Crippen LogP contribution in [0.1, 0.15) is 5.56 Å². The number of furan rings is 1. The van der Waals surface area contributed by atoms with E-state index in [1.54, 1.807) is 20.5 Å². The number of rotatable bonds is 9. The maximum Gasteiger partial charge on any atom is 0.239 e. The lowest BCUT2D eigenvalue weighted by atomic mass is 10.2. The highest BCUT2D eigenvalue weighted by Crippen LogP contribution is 2.38. The SMILES string of the molecule is COc1cccc(OC)c1-n1c(NSCCc2ccc(Cl)cc2)nnc1-c1ccco1. The van der Waals surface area contributed by atoms with Crippen LogP contribution in [0, 0.1) is 0 Å². The molecule has 0 saturated heterocycles. The molecule has 0 radical (unpaired) electrons. The lowest BCUT2D eigenvalue weighted by Gasteiger charge is -2.16. The van der Waals surface area contributed by atoms with Gasteiger partial charge in [0, 0.05) is 10.8 Å². The minimum absolute atomic E-state index is 0.536. The Morgan fingerprint density at radius 1 is 1.00 bits per heavy atom. The van der Waals surface area contributed by atoms with E-state index in [9.17, 15) is 0 Å². The molecule has 0 aliphatic carbocycles. The molecule has 0 amide bonds. The first-order valence-corrected chi connectivity index (χ1v) is 10.9. The van der Waals surface area contributed by atoms with Crippen molar-refractivity contribution in [1.29, 1.82) is 0 Å². The van der Waals surface area contributed by atoms with E-state index in [0.717, 1.165) is 17.2 Å². The lowest BCUT2D eigenvalue weighted by Crippen LogP contribution is -2.07. The molecule has 4 rings (SSSR count). The molecule has 2 aromatic carbocycles. The summed E-state index contributed by atoms with van der Waals surface area (Å²) in [6, 6.07) is 17.1. The van der Waals surface area contributed by atoms with Crippen molar-refractivity contribution < 1.29 is 13.9 Å². The smallest absolute Gasteiger partial charge is 0.239 e. The zero-order chi connectivity index (χ0) is 21.6. The summed E-state index contributed by atoms with van der Waals surface area (Å²) in [6.07, 6.45) is 2.48. The van der Waals surface area contributed by atoms with Gasteiger partial charge in [-0.3, -0.25) is 9.29 Å². The van der Waals surface area contributed by atoms with Gasteiger partial charge in [-0.2, -0.15) is 0 Å². The Kier molecular flexibility index (Phi) is 6.69. The number of ether oxygens (including phenoxy) is 2. The molecule has 0 atom stereocenters. The zero-order valence-electron chi connectivity index (χ0n) is 17.0. The summed E-state index contributed by atoms with van der Waals surface area (Å²) in [7, 11) is 3.23. The second-order valence-electron chi connectivity index (χ2n) is 6.50. The van der Waals surface area contributed by atoms with Crippen LogP contribution in [0.4, 0.5) is 5.95 Å². The molecule has 0 fully saturated rings. The van der Waals surface area contributed by atoms with Gasteiger partial charge in [0.1, 0.15) is 17.2 Å². The van der Waals surface area contributed by atoms with E-state index in [4.69, 9.17) is 25.5 Å². The number of aromatic nitrogens is 3. The predicted molar refractivity (Wildman–Crippen MR) is 123 cm³/mol. The van der Waals surface area contributed by atoms with Crippen LogP contribution in [0.2, 0.25) is 5.02 Å². The summed E-state index contributed by atoms with van der Waals surface area (Å²) >= 11 is 7.49. The summed E-state index contributed by atoms with van der Waals surface area (Å²) < 4.78 is 21.9. The van der Waals surface area contributed by atoms with Gasteiger partial charge in [0.2, 0.25) is 11.8 Å². The van der Waals surface area contributed by atoms with Crippen molar-refractivity contribution in [2.45, 2.75) is 6.42 Å². The summed E-state index contributed by atoms with van der Waals surface area (Å²) in [5.74, 6) is 3.74. The molecule has 2 aromatic heterocycles. The van der Waals surface area contributed by atoms with E-state index in [1.165, 1.54) is 17.5 Å². The summed E-state index contributed by atoms with van der Waals surface area (Å²) in [6.45, 7) is 0. The van der Waals surface area contributed by atoms with Gasteiger partial charge in [0.15, 0.2) is 5.76 Å². The molecule has 160 valence electrons. The van der Waals surface area contributed by atoms with Crippen LogP contribution in [0.3, 0.4) is 0 Å². The van der Waals surface area contributed by atoms with Gasteiger partial charge in [-0.1, -0.05) is 29.8 Å². The second kappa shape index (κ2) is 9.80. The van der Waals surface area contributed by atoms with Gasteiger partial charge in [-0.15, -0.1) is 10.2 Å². The first-order chi connectivity index (χ1) is 15.2. The summed E-state index contributed by atoms with van der Waals surface area (Å²) in [5, 5.41) is 9.43. The van der Waals surface area contributed by atoms with Crippen LogP contribution in [0.5, 0.6) is 11.5 Å². The molecule has 1 N–H and O–H groups in total. The third kappa shape index (κ3) is 4.65. The summed E-state index contributed by atoms with van der Waals surface area (Å²) in [4.78, 5) is 0. The number of nitrogens with one attached hydrogen (secondary N) is 1. The molecule has 0 aliphatic rings. The largest absolute Gasteiger partial charge is 0.494 e. The molecule has 0 bridgehead atoms. The molecule has 0 saturated carbocycles. The normalized spacial score (nSPS) is 10.8.